The van der Waals surface area contributed by atoms with Gasteiger partial charge in [0.15, 0.2) is 0 Å². The van der Waals surface area contributed by atoms with E-state index in [2.05, 4.69) is 5.32 Å². The van der Waals surface area contributed by atoms with Gasteiger partial charge >= 0.3 is 5.97 Å². The quantitative estimate of drug-likeness (QED) is 0.178. The molecule has 1 heterocycles. The first-order valence-electron chi connectivity index (χ1n) is 14.3. The predicted octanol–water partition coefficient (Wildman–Crippen LogP) is 5.48. The molecule has 0 saturated carbocycles. The molecule has 5 rings (SSSR count). The van der Waals surface area contributed by atoms with Crippen molar-refractivity contribution < 1.29 is 22.7 Å². The normalized spacial score (nSPS) is 14.7. The number of carbonyl (C=O) groups is 2. The molecule has 226 valence electrons. The van der Waals surface area contributed by atoms with E-state index in [-0.39, 0.29) is 24.0 Å². The zero-order valence-corrected chi connectivity index (χ0v) is 25.6. The third-order valence-corrected chi connectivity index (χ3v) is 9.05. The van der Waals surface area contributed by atoms with Crippen LogP contribution in [0, 0.1) is 0 Å². The summed E-state index contributed by atoms with van der Waals surface area (Å²) < 4.78 is 33.8. The zero-order chi connectivity index (χ0) is 31.3. The van der Waals surface area contributed by atoms with Gasteiger partial charge in [0.25, 0.3) is 10.0 Å². The lowest BCUT2D eigenvalue weighted by Gasteiger charge is -2.26. The van der Waals surface area contributed by atoms with Gasteiger partial charge in [0.2, 0.25) is 5.91 Å². The lowest BCUT2D eigenvalue weighted by atomic mass is 9.90. The van der Waals surface area contributed by atoms with E-state index in [1.807, 2.05) is 49.3 Å². The Morgan fingerprint density at radius 3 is 2.16 bits per heavy atom. The molecule has 0 spiro atoms. The van der Waals surface area contributed by atoms with Crippen molar-refractivity contribution in [2.45, 2.75) is 17.7 Å². The number of aliphatic imine (C=N–C) groups is 1. The summed E-state index contributed by atoms with van der Waals surface area (Å²) in [6, 6.07) is 29.8. The molecular weight excluding hydrogens is 576 g/mol. The highest BCUT2D eigenvalue weighted by Gasteiger charge is 2.36. The van der Waals surface area contributed by atoms with Crippen LogP contribution in [0.15, 0.2) is 113 Å². The third-order valence-electron chi connectivity index (χ3n) is 7.21. The molecule has 0 aromatic heterocycles. The SMILES string of the molecule is CCOC(=O)c1ccc2c(c1)NC(=O)C2C(=Nc1ccc(N(CCN(C)C)S(=O)(=O)c2ccccc2)cc1)c1ccccc1. The average Bonchev–Trinajstić information content (AvgIpc) is 3.36. The Hall–Kier alpha value is -4.80. The lowest BCUT2D eigenvalue weighted by molar-refractivity contribution is -0.115. The first-order chi connectivity index (χ1) is 21.2. The van der Waals surface area contributed by atoms with E-state index in [1.54, 1.807) is 79.7 Å². The van der Waals surface area contributed by atoms with Gasteiger partial charge in [-0.05, 0) is 80.7 Å². The number of nitrogens with one attached hydrogen (secondary N) is 1. The second-order valence-electron chi connectivity index (χ2n) is 10.5. The van der Waals surface area contributed by atoms with Crippen LogP contribution in [-0.2, 0) is 19.6 Å². The van der Waals surface area contributed by atoms with Crippen LogP contribution in [0.1, 0.15) is 34.3 Å². The Bertz CT molecular complexity index is 1770. The fourth-order valence-corrected chi connectivity index (χ4v) is 6.49. The van der Waals surface area contributed by atoms with E-state index in [0.717, 1.165) is 5.56 Å². The number of rotatable bonds is 11. The molecule has 1 unspecified atom stereocenters. The van der Waals surface area contributed by atoms with Crippen LogP contribution in [0.25, 0.3) is 0 Å². The molecular formula is C34H34N4O5S. The number of anilines is 2. The average molecular weight is 611 g/mol. The van der Waals surface area contributed by atoms with Crippen LogP contribution < -0.4 is 9.62 Å². The number of likely N-dealkylation sites (N-methyl/N-ethyl adjacent to an activating group) is 1. The maximum absolute atomic E-state index is 13.6. The van der Waals surface area contributed by atoms with Gasteiger partial charge in [-0.3, -0.25) is 14.1 Å². The van der Waals surface area contributed by atoms with Gasteiger partial charge in [0.1, 0.15) is 5.92 Å². The van der Waals surface area contributed by atoms with Crippen molar-refractivity contribution >= 4 is 44.7 Å². The van der Waals surface area contributed by atoms with E-state index in [0.29, 0.717) is 40.4 Å². The number of nitrogens with zero attached hydrogens (tertiary/aromatic N) is 3. The molecule has 0 saturated heterocycles. The maximum Gasteiger partial charge on any atom is 0.338 e. The summed E-state index contributed by atoms with van der Waals surface area (Å²) in [6.07, 6.45) is 0. The highest BCUT2D eigenvalue weighted by atomic mass is 32.2. The fraction of sp³-hybridized carbons (Fsp3) is 0.206. The Morgan fingerprint density at radius 1 is 0.864 bits per heavy atom. The number of sulfonamides is 1. The number of fused-ring (bicyclic) bond motifs is 1. The van der Waals surface area contributed by atoms with Crippen LogP contribution >= 0.6 is 0 Å². The van der Waals surface area contributed by atoms with Gasteiger partial charge in [-0.2, -0.15) is 0 Å². The third kappa shape index (κ3) is 6.56. The fourth-order valence-electron chi connectivity index (χ4n) is 5.01. The minimum atomic E-state index is -3.81. The van der Waals surface area contributed by atoms with Gasteiger partial charge in [-0.15, -0.1) is 0 Å². The van der Waals surface area contributed by atoms with Crippen LogP contribution in [-0.4, -0.2) is 64.7 Å². The summed E-state index contributed by atoms with van der Waals surface area (Å²) in [7, 11) is -0.0229. The van der Waals surface area contributed by atoms with Gasteiger partial charge in [-0.25, -0.2) is 13.2 Å². The summed E-state index contributed by atoms with van der Waals surface area (Å²) in [4.78, 5) is 32.7. The standard InChI is InChI=1S/C34H34N4O5S/c1-4-43-34(40)25-15-20-29-30(23-25)36-33(39)31(29)32(24-11-7-5-8-12-24)35-26-16-18-27(19-17-26)38(22-21-37(2)3)44(41,42)28-13-9-6-10-14-28/h5-20,23,31H,4,21-22H2,1-3H3,(H,36,39). The molecule has 0 aliphatic carbocycles. The van der Waals surface area contributed by atoms with E-state index in [9.17, 15) is 18.0 Å². The highest BCUT2D eigenvalue weighted by molar-refractivity contribution is 7.92. The minimum absolute atomic E-state index is 0.212. The highest BCUT2D eigenvalue weighted by Crippen LogP contribution is 2.37. The van der Waals surface area contributed by atoms with Gasteiger partial charge in [0.05, 0.1) is 34.2 Å². The van der Waals surface area contributed by atoms with E-state index < -0.39 is 21.9 Å². The Morgan fingerprint density at radius 2 is 1.52 bits per heavy atom. The molecule has 4 aromatic carbocycles. The van der Waals surface area contributed by atoms with Crippen molar-refractivity contribution in [2.75, 3.05) is 43.4 Å². The van der Waals surface area contributed by atoms with Crippen molar-refractivity contribution in [2.24, 2.45) is 4.99 Å². The Balaban J connectivity index is 1.53. The summed E-state index contributed by atoms with van der Waals surface area (Å²) in [5, 5.41) is 2.90. The van der Waals surface area contributed by atoms with Crippen molar-refractivity contribution in [1.29, 1.82) is 0 Å². The van der Waals surface area contributed by atoms with Crippen LogP contribution in [0.2, 0.25) is 0 Å². The van der Waals surface area contributed by atoms with Gasteiger partial charge < -0.3 is 15.0 Å². The molecule has 1 aliphatic rings. The molecule has 44 heavy (non-hydrogen) atoms. The number of ether oxygens (including phenoxy) is 1. The monoisotopic (exact) mass is 610 g/mol. The molecule has 0 bridgehead atoms. The van der Waals surface area contributed by atoms with Crippen LogP contribution in [0.3, 0.4) is 0 Å². The molecule has 9 nitrogen and oxygen atoms in total. The minimum Gasteiger partial charge on any atom is -0.462 e. The van der Waals surface area contributed by atoms with Crippen molar-refractivity contribution in [3.8, 4) is 0 Å². The lowest BCUT2D eigenvalue weighted by Crippen LogP contribution is -2.36. The molecule has 1 amide bonds. The molecule has 1 aliphatic heterocycles. The number of amides is 1. The summed E-state index contributed by atoms with van der Waals surface area (Å²) in [6.45, 7) is 2.77. The van der Waals surface area contributed by atoms with E-state index in [1.165, 1.54) is 4.31 Å². The number of benzene rings is 4. The van der Waals surface area contributed by atoms with Crippen molar-refractivity contribution in [3.05, 3.63) is 120 Å². The van der Waals surface area contributed by atoms with Crippen LogP contribution in [0.5, 0.6) is 0 Å². The second kappa shape index (κ2) is 13.2. The first kappa shape index (κ1) is 30.7. The van der Waals surface area contributed by atoms with Crippen molar-refractivity contribution in [3.63, 3.8) is 0 Å². The molecule has 1 N–H and O–H groups in total. The Kier molecular flexibility index (Phi) is 9.22. The summed E-state index contributed by atoms with van der Waals surface area (Å²) >= 11 is 0. The number of esters is 1. The molecule has 0 radical (unpaired) electrons. The van der Waals surface area contributed by atoms with Crippen molar-refractivity contribution in [1.82, 2.24) is 4.90 Å². The first-order valence-corrected chi connectivity index (χ1v) is 15.7. The number of carbonyl (C=O) groups excluding carboxylic acids is 2. The molecule has 1 atom stereocenters. The zero-order valence-electron chi connectivity index (χ0n) is 24.8. The smallest absolute Gasteiger partial charge is 0.338 e. The van der Waals surface area contributed by atoms with Gasteiger partial charge in [0, 0.05) is 18.8 Å². The summed E-state index contributed by atoms with van der Waals surface area (Å²) in [5.74, 6) is -1.44. The second-order valence-corrected chi connectivity index (χ2v) is 12.4. The topological polar surface area (TPSA) is 108 Å². The number of hydrogen-bond donors (Lipinski definition) is 1. The largest absolute Gasteiger partial charge is 0.462 e. The summed E-state index contributed by atoms with van der Waals surface area (Å²) in [5.41, 5.74) is 3.94. The van der Waals surface area contributed by atoms with E-state index in [4.69, 9.17) is 9.73 Å². The van der Waals surface area contributed by atoms with Gasteiger partial charge in [-0.1, -0.05) is 54.6 Å². The predicted molar refractivity (Wildman–Crippen MR) is 172 cm³/mol. The number of hydrogen-bond acceptors (Lipinski definition) is 7. The molecule has 10 heteroatoms. The maximum atomic E-state index is 13.6. The molecule has 0 fully saturated rings. The molecule has 4 aromatic rings. The van der Waals surface area contributed by atoms with Crippen LogP contribution in [0.4, 0.5) is 17.1 Å². The Labute approximate surface area is 257 Å². The van der Waals surface area contributed by atoms with E-state index >= 15 is 0 Å².